The van der Waals surface area contributed by atoms with Gasteiger partial charge in [-0.2, -0.15) is 0 Å². The van der Waals surface area contributed by atoms with Gasteiger partial charge in [0.2, 0.25) is 5.88 Å². The Morgan fingerprint density at radius 1 is 0.947 bits per heavy atom. The highest BCUT2D eigenvalue weighted by Crippen LogP contribution is 2.38. The number of aromatic nitrogens is 1. The van der Waals surface area contributed by atoms with Crippen LogP contribution in [0.5, 0.6) is 17.4 Å². The van der Waals surface area contributed by atoms with Gasteiger partial charge in [0.05, 0.1) is 16.1 Å². The molecule has 0 N–H and O–H groups in total. The number of hydrogen-bond acceptors (Lipinski definition) is 3. The first-order chi connectivity index (χ1) is 9.01. The van der Waals surface area contributed by atoms with Crippen molar-refractivity contribution in [3.63, 3.8) is 0 Å². The first-order valence-corrected chi connectivity index (χ1v) is 7.72. The molecule has 6 heteroatoms. The fraction of sp³-hybridized carbons (Fsp3) is 0.154. The summed E-state index contributed by atoms with van der Waals surface area (Å²) in [5.41, 5.74) is 1.06. The van der Waals surface area contributed by atoms with Gasteiger partial charge in [0, 0.05) is 16.7 Å². The summed E-state index contributed by atoms with van der Waals surface area (Å²) in [5, 5.41) is 0. The SMILES string of the molecule is COc1cc(Br)c(Oc2cc(C)c(Br)cn2)cc1Br. The van der Waals surface area contributed by atoms with Gasteiger partial charge >= 0.3 is 0 Å². The average molecular weight is 452 g/mol. The molecule has 0 aliphatic carbocycles. The molecule has 0 atom stereocenters. The van der Waals surface area contributed by atoms with Gasteiger partial charge in [0.15, 0.2) is 0 Å². The van der Waals surface area contributed by atoms with Gasteiger partial charge in [-0.25, -0.2) is 4.98 Å². The van der Waals surface area contributed by atoms with Gasteiger partial charge in [-0.15, -0.1) is 0 Å². The number of nitrogens with zero attached hydrogens (tertiary/aromatic N) is 1. The van der Waals surface area contributed by atoms with Crippen LogP contribution in [0.25, 0.3) is 0 Å². The van der Waals surface area contributed by atoms with E-state index < -0.39 is 0 Å². The lowest BCUT2D eigenvalue weighted by atomic mass is 10.3. The molecular formula is C13H10Br3NO2. The van der Waals surface area contributed by atoms with Crippen molar-refractivity contribution in [3.8, 4) is 17.4 Å². The molecule has 0 saturated heterocycles. The highest BCUT2D eigenvalue weighted by molar-refractivity contribution is 9.11. The molecule has 0 spiro atoms. The highest BCUT2D eigenvalue weighted by atomic mass is 79.9. The van der Waals surface area contributed by atoms with E-state index in [-0.39, 0.29) is 0 Å². The van der Waals surface area contributed by atoms with Crippen molar-refractivity contribution in [3.05, 3.63) is 43.4 Å². The van der Waals surface area contributed by atoms with Crippen molar-refractivity contribution >= 4 is 47.8 Å². The number of aryl methyl sites for hydroxylation is 1. The highest BCUT2D eigenvalue weighted by Gasteiger charge is 2.10. The molecule has 0 unspecified atom stereocenters. The zero-order valence-corrected chi connectivity index (χ0v) is 15.0. The summed E-state index contributed by atoms with van der Waals surface area (Å²) < 4.78 is 13.5. The van der Waals surface area contributed by atoms with Crippen LogP contribution in [0, 0.1) is 6.92 Å². The predicted octanol–water partition coefficient (Wildman–Crippen LogP) is 5.48. The summed E-state index contributed by atoms with van der Waals surface area (Å²) >= 11 is 10.3. The van der Waals surface area contributed by atoms with Crippen LogP contribution in [-0.2, 0) is 0 Å². The van der Waals surface area contributed by atoms with Gasteiger partial charge in [0.25, 0.3) is 0 Å². The molecule has 0 amide bonds. The Morgan fingerprint density at radius 2 is 1.58 bits per heavy atom. The van der Waals surface area contributed by atoms with Gasteiger partial charge in [-0.1, -0.05) is 0 Å². The molecule has 0 saturated carbocycles. The van der Waals surface area contributed by atoms with Gasteiger partial charge in [-0.05, 0) is 72.4 Å². The lowest BCUT2D eigenvalue weighted by Gasteiger charge is -2.11. The number of hydrogen-bond donors (Lipinski definition) is 0. The van der Waals surface area contributed by atoms with E-state index in [1.165, 1.54) is 0 Å². The minimum absolute atomic E-state index is 0.540. The Kier molecular flexibility index (Phi) is 4.86. The second-order valence-corrected chi connectivity index (χ2v) is 6.35. The lowest BCUT2D eigenvalue weighted by molar-refractivity contribution is 0.408. The summed E-state index contributed by atoms with van der Waals surface area (Å²) in [4.78, 5) is 4.21. The van der Waals surface area contributed by atoms with Crippen LogP contribution in [0.1, 0.15) is 5.56 Å². The second kappa shape index (κ2) is 6.24. The van der Waals surface area contributed by atoms with Crippen molar-refractivity contribution in [1.82, 2.24) is 4.98 Å². The van der Waals surface area contributed by atoms with Crippen molar-refractivity contribution in [2.24, 2.45) is 0 Å². The van der Waals surface area contributed by atoms with Crippen LogP contribution in [-0.4, -0.2) is 12.1 Å². The number of methoxy groups -OCH3 is 1. The number of ether oxygens (including phenoxy) is 2. The van der Waals surface area contributed by atoms with E-state index in [0.717, 1.165) is 24.7 Å². The van der Waals surface area contributed by atoms with Crippen molar-refractivity contribution in [1.29, 1.82) is 0 Å². The van der Waals surface area contributed by atoms with Crippen molar-refractivity contribution in [2.75, 3.05) is 7.11 Å². The minimum atomic E-state index is 0.540. The summed E-state index contributed by atoms with van der Waals surface area (Å²) in [6.45, 7) is 1.98. The van der Waals surface area contributed by atoms with Crippen molar-refractivity contribution in [2.45, 2.75) is 6.92 Å². The third-order valence-corrected chi connectivity index (χ3v) is 4.51. The Balaban J connectivity index is 2.32. The molecule has 0 aliphatic heterocycles. The van der Waals surface area contributed by atoms with Gasteiger partial charge < -0.3 is 9.47 Å². The lowest BCUT2D eigenvalue weighted by Crippen LogP contribution is -1.92. The maximum absolute atomic E-state index is 5.76. The molecule has 2 aromatic rings. The van der Waals surface area contributed by atoms with E-state index in [1.54, 1.807) is 13.3 Å². The number of pyridine rings is 1. The normalized spacial score (nSPS) is 10.4. The van der Waals surface area contributed by atoms with E-state index in [4.69, 9.17) is 9.47 Å². The zero-order chi connectivity index (χ0) is 14.0. The quantitative estimate of drug-likeness (QED) is 0.619. The molecule has 1 aromatic heterocycles. The first kappa shape index (κ1) is 14.8. The Bertz CT molecular complexity index is 617. The molecule has 3 nitrogen and oxygen atoms in total. The Labute approximate surface area is 136 Å². The molecule has 100 valence electrons. The van der Waals surface area contributed by atoms with Crippen molar-refractivity contribution < 1.29 is 9.47 Å². The second-order valence-electron chi connectivity index (χ2n) is 3.79. The van der Waals surface area contributed by atoms with Gasteiger partial charge in [0.1, 0.15) is 11.5 Å². The number of rotatable bonds is 3. The maximum Gasteiger partial charge on any atom is 0.219 e. The molecule has 19 heavy (non-hydrogen) atoms. The zero-order valence-electron chi connectivity index (χ0n) is 10.2. The monoisotopic (exact) mass is 449 g/mol. The Hall–Kier alpha value is -0.590. The summed E-state index contributed by atoms with van der Waals surface area (Å²) in [7, 11) is 1.62. The molecule has 1 heterocycles. The van der Waals surface area contributed by atoms with E-state index in [1.807, 2.05) is 25.1 Å². The van der Waals surface area contributed by atoms with Gasteiger partial charge in [-0.3, -0.25) is 0 Å². The predicted molar refractivity (Wildman–Crippen MR) is 85.1 cm³/mol. The van der Waals surface area contributed by atoms with E-state index in [2.05, 4.69) is 52.8 Å². The topological polar surface area (TPSA) is 31.4 Å². The molecular weight excluding hydrogens is 442 g/mol. The number of halogens is 3. The molecule has 0 bridgehead atoms. The van der Waals surface area contributed by atoms with E-state index >= 15 is 0 Å². The largest absolute Gasteiger partial charge is 0.496 e. The third-order valence-electron chi connectivity index (χ3n) is 2.44. The smallest absolute Gasteiger partial charge is 0.219 e. The summed E-state index contributed by atoms with van der Waals surface area (Å²) in [6, 6.07) is 5.54. The average Bonchev–Trinajstić information content (AvgIpc) is 2.38. The first-order valence-electron chi connectivity index (χ1n) is 5.34. The minimum Gasteiger partial charge on any atom is -0.496 e. The molecule has 1 aromatic carbocycles. The molecule has 0 fully saturated rings. The molecule has 0 radical (unpaired) electrons. The fourth-order valence-corrected chi connectivity index (χ4v) is 2.53. The Morgan fingerprint density at radius 3 is 2.21 bits per heavy atom. The maximum atomic E-state index is 5.76. The van der Waals surface area contributed by atoms with Crippen LogP contribution >= 0.6 is 47.8 Å². The summed E-state index contributed by atoms with van der Waals surface area (Å²) in [6.07, 6.45) is 1.72. The standard InChI is InChI=1S/C13H10Br3NO2/c1-7-3-13(17-6-10(7)16)19-12-5-8(14)11(18-2)4-9(12)15/h3-6H,1-2H3. The molecule has 0 aliphatic rings. The van der Waals surface area contributed by atoms with E-state index in [0.29, 0.717) is 11.6 Å². The van der Waals surface area contributed by atoms with Crippen LogP contribution in [0.2, 0.25) is 0 Å². The third kappa shape index (κ3) is 3.49. The molecule has 2 rings (SSSR count). The van der Waals surface area contributed by atoms with Crippen LogP contribution in [0.15, 0.2) is 37.8 Å². The fourth-order valence-electron chi connectivity index (χ4n) is 1.43. The van der Waals surface area contributed by atoms with Crippen LogP contribution < -0.4 is 9.47 Å². The van der Waals surface area contributed by atoms with E-state index in [9.17, 15) is 0 Å². The van der Waals surface area contributed by atoms with Crippen LogP contribution in [0.3, 0.4) is 0 Å². The van der Waals surface area contributed by atoms with Crippen LogP contribution in [0.4, 0.5) is 0 Å². The summed E-state index contributed by atoms with van der Waals surface area (Å²) in [5.74, 6) is 1.94. The number of benzene rings is 1.